The highest BCUT2D eigenvalue weighted by atomic mass is 28.3. The fourth-order valence-electron chi connectivity index (χ4n) is 5.86. The number of piperazine rings is 2. The van der Waals surface area contributed by atoms with Crippen LogP contribution in [0.3, 0.4) is 0 Å². The van der Waals surface area contributed by atoms with Crippen LogP contribution in [-0.4, -0.2) is 150 Å². The van der Waals surface area contributed by atoms with Crippen LogP contribution in [0.4, 0.5) is 11.6 Å². The molecule has 2 aromatic heterocycles. The van der Waals surface area contributed by atoms with Gasteiger partial charge in [-0.15, -0.1) is 0 Å². The lowest BCUT2D eigenvalue weighted by atomic mass is 10.2. The monoisotopic (exact) mass is 846 g/mol. The Morgan fingerprint density at radius 3 is 1.62 bits per heavy atom. The molecule has 2 aliphatic rings. The summed E-state index contributed by atoms with van der Waals surface area (Å²) in [5.41, 5.74) is 0.930. The first-order valence-electron chi connectivity index (χ1n) is 20.6. The van der Waals surface area contributed by atoms with E-state index >= 15 is 0 Å². The molecular weight excluding hydrogens is 777 g/mol. The van der Waals surface area contributed by atoms with Crippen LogP contribution in [0.5, 0.6) is 0 Å². The van der Waals surface area contributed by atoms with Gasteiger partial charge in [0.1, 0.15) is 13.5 Å². The van der Waals surface area contributed by atoms with Gasteiger partial charge in [-0.1, -0.05) is 39.3 Å². The SMILES string of the molecule is CCOC(=O)/C=C/c1cn(COCC[Si](C)(C)C)c(=O)c(N2CCN(C)CC2)n1.CCOC(=O)CCc1cn(COCC[Si](C)(C)C)c(=O)c(N2CCN(C)CC2)n1. The van der Waals surface area contributed by atoms with Crippen LogP contribution in [0, 0.1) is 0 Å². The number of hydrogen-bond donors (Lipinski definition) is 0. The lowest BCUT2D eigenvalue weighted by Gasteiger charge is -2.33. The highest BCUT2D eigenvalue weighted by Crippen LogP contribution is 2.14. The number of likely N-dealkylation sites (N-methyl/N-ethyl adjacent to an activating group) is 2. The van der Waals surface area contributed by atoms with Crippen LogP contribution in [-0.2, 0) is 48.4 Å². The van der Waals surface area contributed by atoms with E-state index in [1.807, 2.05) is 9.80 Å². The first-order chi connectivity index (χ1) is 27.4. The van der Waals surface area contributed by atoms with E-state index in [0.717, 1.165) is 64.4 Å². The van der Waals surface area contributed by atoms with Crippen molar-refractivity contribution >= 4 is 45.8 Å². The Morgan fingerprint density at radius 1 is 0.690 bits per heavy atom. The molecule has 2 aromatic rings. The first kappa shape index (κ1) is 48.7. The molecule has 0 bridgehead atoms. The van der Waals surface area contributed by atoms with Crippen LogP contribution in [0.25, 0.3) is 6.08 Å². The summed E-state index contributed by atoms with van der Waals surface area (Å²) < 4.78 is 24.7. The zero-order valence-electron chi connectivity index (χ0n) is 36.9. The number of rotatable bonds is 19. The number of aryl methyl sites for hydroxylation is 1. The molecule has 0 aromatic carbocycles. The van der Waals surface area contributed by atoms with Crippen LogP contribution in [0.15, 0.2) is 28.1 Å². The second kappa shape index (κ2) is 23.8. The number of ether oxygens (including phenoxy) is 4. The van der Waals surface area contributed by atoms with Crippen LogP contribution in [0.2, 0.25) is 51.4 Å². The van der Waals surface area contributed by atoms with Crippen molar-refractivity contribution in [2.75, 3.05) is 103 Å². The number of carbonyl (C=O) groups is 2. The molecule has 18 heteroatoms. The van der Waals surface area contributed by atoms with Crippen LogP contribution >= 0.6 is 0 Å². The van der Waals surface area contributed by atoms with Crippen molar-refractivity contribution < 1.29 is 28.5 Å². The molecule has 0 aliphatic carbocycles. The van der Waals surface area contributed by atoms with Gasteiger partial charge in [0.05, 0.1) is 31.0 Å². The smallest absolute Gasteiger partial charge is 0.330 e. The predicted octanol–water partition coefficient (Wildman–Crippen LogP) is 3.69. The van der Waals surface area contributed by atoms with Gasteiger partial charge in [-0.3, -0.25) is 23.5 Å². The Morgan fingerprint density at radius 2 is 1.16 bits per heavy atom. The van der Waals surface area contributed by atoms with Crippen molar-refractivity contribution in [3.8, 4) is 0 Å². The molecule has 0 radical (unpaired) electrons. The highest BCUT2D eigenvalue weighted by molar-refractivity contribution is 6.76. The highest BCUT2D eigenvalue weighted by Gasteiger charge is 2.22. The summed E-state index contributed by atoms with van der Waals surface area (Å²) in [5, 5.41) is 0. The quantitative estimate of drug-likeness (QED) is 0.0875. The van der Waals surface area contributed by atoms with Gasteiger partial charge in [0, 0.05) is 107 Å². The van der Waals surface area contributed by atoms with Gasteiger partial charge in [-0.25, -0.2) is 14.8 Å². The summed E-state index contributed by atoms with van der Waals surface area (Å²) in [5.74, 6) is 0.172. The number of anilines is 2. The molecule has 4 rings (SSSR count). The number of carbonyl (C=O) groups excluding carboxylic acids is 2. The summed E-state index contributed by atoms with van der Waals surface area (Å²) >= 11 is 0. The van der Waals surface area contributed by atoms with E-state index in [0.29, 0.717) is 55.9 Å². The normalized spacial score (nSPS) is 15.7. The van der Waals surface area contributed by atoms with E-state index in [1.165, 1.54) is 10.6 Å². The molecule has 2 fully saturated rings. The zero-order valence-corrected chi connectivity index (χ0v) is 38.9. The first-order valence-corrected chi connectivity index (χ1v) is 28.0. The second-order valence-corrected chi connectivity index (χ2v) is 28.5. The van der Waals surface area contributed by atoms with E-state index in [4.69, 9.17) is 18.9 Å². The standard InChI is InChI=1S/C20H36N4O4Si.C20H34N4O4Si/c2*1-6-28-18(25)8-7-17-15-24(16-27-13-14-29(3,4)5)20(26)19(21-17)23-11-9-22(2)10-12-23/h15H,6-14,16H2,1-5H3;7-8,15H,6,9-14,16H2,1-5H3/b;8-7+. The molecule has 0 spiro atoms. The summed E-state index contributed by atoms with van der Waals surface area (Å²) in [6.07, 6.45) is 6.95. The largest absolute Gasteiger partial charge is 0.466 e. The predicted molar refractivity (Wildman–Crippen MR) is 235 cm³/mol. The minimum absolute atomic E-state index is 0.137. The van der Waals surface area contributed by atoms with Gasteiger partial charge >= 0.3 is 11.9 Å². The Labute approximate surface area is 347 Å². The van der Waals surface area contributed by atoms with E-state index in [1.54, 1.807) is 36.9 Å². The average Bonchev–Trinajstić information content (AvgIpc) is 3.15. The number of esters is 2. The lowest BCUT2D eigenvalue weighted by molar-refractivity contribution is -0.143. The summed E-state index contributed by atoms with van der Waals surface area (Å²) in [4.78, 5) is 67.0. The number of hydrogen-bond acceptors (Lipinski definition) is 14. The van der Waals surface area contributed by atoms with Crippen molar-refractivity contribution in [2.45, 2.75) is 91.5 Å². The average molecular weight is 847 g/mol. The molecule has 326 valence electrons. The van der Waals surface area contributed by atoms with Gasteiger partial charge in [-0.2, -0.15) is 0 Å². The Balaban J connectivity index is 0.000000310. The minimum Gasteiger partial charge on any atom is -0.466 e. The van der Waals surface area contributed by atoms with Crippen molar-refractivity contribution in [3.05, 3.63) is 50.6 Å². The molecule has 58 heavy (non-hydrogen) atoms. The van der Waals surface area contributed by atoms with Gasteiger partial charge in [0.15, 0.2) is 11.6 Å². The molecule has 2 aliphatic heterocycles. The summed E-state index contributed by atoms with van der Waals surface area (Å²) in [6, 6.07) is 2.08. The number of nitrogens with zero attached hydrogens (tertiary/aromatic N) is 8. The third-order valence-electron chi connectivity index (χ3n) is 9.61. The van der Waals surface area contributed by atoms with Crippen molar-refractivity contribution in [2.24, 2.45) is 0 Å². The maximum atomic E-state index is 13.0. The molecule has 2 saturated heterocycles. The molecular formula is C40H70N8O8Si2. The lowest BCUT2D eigenvalue weighted by Crippen LogP contribution is -2.47. The van der Waals surface area contributed by atoms with Crippen molar-refractivity contribution in [3.63, 3.8) is 0 Å². The summed E-state index contributed by atoms with van der Waals surface area (Å²) in [7, 11) is 1.75. The van der Waals surface area contributed by atoms with Gasteiger partial charge in [0.25, 0.3) is 11.1 Å². The third-order valence-corrected chi connectivity index (χ3v) is 13.0. The Kier molecular flexibility index (Phi) is 20.0. The Hall–Kier alpha value is -3.69. The van der Waals surface area contributed by atoms with Crippen molar-refractivity contribution in [1.82, 2.24) is 28.9 Å². The fourth-order valence-corrected chi connectivity index (χ4v) is 7.37. The van der Waals surface area contributed by atoms with Gasteiger partial charge < -0.3 is 38.5 Å². The fraction of sp³-hybridized carbons (Fsp3) is 0.700. The molecule has 4 heterocycles. The molecule has 0 atom stereocenters. The maximum Gasteiger partial charge on any atom is 0.330 e. The van der Waals surface area contributed by atoms with Crippen molar-refractivity contribution in [1.29, 1.82) is 0 Å². The van der Waals surface area contributed by atoms with E-state index in [9.17, 15) is 19.2 Å². The second-order valence-electron chi connectivity index (χ2n) is 17.3. The third kappa shape index (κ3) is 17.7. The molecule has 0 amide bonds. The van der Waals surface area contributed by atoms with E-state index in [2.05, 4.69) is 73.1 Å². The molecule has 0 unspecified atom stereocenters. The number of aromatic nitrogens is 4. The summed E-state index contributed by atoms with van der Waals surface area (Å²) in [6.45, 7) is 26.2. The van der Waals surface area contributed by atoms with E-state index in [-0.39, 0.29) is 37.0 Å². The van der Waals surface area contributed by atoms with E-state index < -0.39 is 22.1 Å². The molecule has 0 N–H and O–H groups in total. The van der Waals surface area contributed by atoms with Gasteiger partial charge in [-0.05, 0) is 46.1 Å². The minimum atomic E-state index is -1.20. The molecule has 16 nitrogen and oxygen atoms in total. The Bertz CT molecular complexity index is 1740. The van der Waals surface area contributed by atoms with Crippen LogP contribution < -0.4 is 20.9 Å². The molecule has 0 saturated carbocycles. The van der Waals surface area contributed by atoms with Gasteiger partial charge in [0.2, 0.25) is 0 Å². The maximum absolute atomic E-state index is 13.0. The zero-order chi connectivity index (χ0) is 42.9. The van der Waals surface area contributed by atoms with Crippen LogP contribution in [0.1, 0.15) is 31.7 Å². The topological polar surface area (TPSA) is 154 Å².